The Balaban J connectivity index is 1.51. The second-order valence-electron chi connectivity index (χ2n) is 12.4. The number of fused-ring (bicyclic) bond motifs is 5. The lowest BCUT2D eigenvalue weighted by Gasteiger charge is -2.54. The summed E-state index contributed by atoms with van der Waals surface area (Å²) in [5.41, 5.74) is 4.07. The molecule has 4 rings (SSSR count). The van der Waals surface area contributed by atoms with E-state index in [1.165, 1.54) is 44.9 Å². The van der Waals surface area contributed by atoms with Crippen molar-refractivity contribution < 1.29 is 5.11 Å². The minimum Gasteiger partial charge on any atom is -0.393 e. The molecule has 0 heterocycles. The summed E-state index contributed by atoms with van der Waals surface area (Å²) in [6.45, 7) is 14.9. The van der Waals surface area contributed by atoms with Crippen LogP contribution in [0.4, 0.5) is 0 Å². The van der Waals surface area contributed by atoms with Gasteiger partial charge in [-0.25, -0.2) is 0 Å². The maximum atomic E-state index is 10.2. The zero-order valence-electron chi connectivity index (χ0n) is 20.7. The van der Waals surface area contributed by atoms with Gasteiger partial charge in [0.25, 0.3) is 0 Å². The third kappa shape index (κ3) is 3.66. The summed E-state index contributed by atoms with van der Waals surface area (Å²) in [4.78, 5) is 0. The quantitative estimate of drug-likeness (QED) is 0.439. The van der Waals surface area contributed by atoms with E-state index in [4.69, 9.17) is 0 Å². The molecule has 30 heavy (non-hydrogen) atoms. The van der Waals surface area contributed by atoms with Gasteiger partial charge in [-0.15, -0.1) is 0 Å². The predicted molar refractivity (Wildman–Crippen MR) is 128 cm³/mol. The van der Waals surface area contributed by atoms with Crippen molar-refractivity contribution in [2.45, 2.75) is 112 Å². The van der Waals surface area contributed by atoms with E-state index in [-0.39, 0.29) is 11.5 Å². The van der Waals surface area contributed by atoms with Crippen LogP contribution in [0, 0.1) is 46.3 Å². The number of hydrogen-bond donors (Lipinski definition) is 1. The van der Waals surface area contributed by atoms with Gasteiger partial charge in [0.05, 0.1) is 6.10 Å². The maximum absolute atomic E-state index is 10.2. The largest absolute Gasteiger partial charge is 0.393 e. The SMILES string of the molecule is CC[C@H](CC[C@@H](C)[C@@H]1CC[C@@H]2[C@@H]3CC=C4C[C@@H](O)CC[C@]4(C)C3=CC[C@]21C)C(C)C. The number of allylic oxidation sites excluding steroid dienone is 3. The summed E-state index contributed by atoms with van der Waals surface area (Å²) in [6.07, 6.45) is 17.8. The van der Waals surface area contributed by atoms with Crippen molar-refractivity contribution in [3.05, 3.63) is 23.3 Å². The van der Waals surface area contributed by atoms with E-state index in [2.05, 4.69) is 53.7 Å². The van der Waals surface area contributed by atoms with Crippen LogP contribution in [-0.2, 0) is 0 Å². The van der Waals surface area contributed by atoms with Crippen LogP contribution >= 0.6 is 0 Å². The Morgan fingerprint density at radius 2 is 1.83 bits per heavy atom. The fraction of sp³-hybridized carbons (Fsp3) is 0.862. The lowest BCUT2D eigenvalue weighted by Crippen LogP contribution is -2.45. The zero-order chi connectivity index (χ0) is 21.7. The van der Waals surface area contributed by atoms with Crippen LogP contribution in [0.3, 0.4) is 0 Å². The smallest absolute Gasteiger partial charge is 0.0578 e. The molecule has 0 bridgehead atoms. The van der Waals surface area contributed by atoms with Crippen LogP contribution in [0.25, 0.3) is 0 Å². The molecule has 0 aromatic heterocycles. The maximum Gasteiger partial charge on any atom is 0.0578 e. The Hall–Kier alpha value is -0.560. The summed E-state index contributed by atoms with van der Waals surface area (Å²) in [5, 5.41) is 10.2. The molecule has 0 saturated heterocycles. The monoisotopic (exact) mass is 412 g/mol. The predicted octanol–water partition coefficient (Wildman–Crippen LogP) is 7.94. The van der Waals surface area contributed by atoms with Gasteiger partial charge in [-0.2, -0.15) is 0 Å². The first-order valence-electron chi connectivity index (χ1n) is 13.3. The zero-order valence-corrected chi connectivity index (χ0v) is 20.7. The number of aliphatic hydroxyl groups is 1. The van der Waals surface area contributed by atoms with Gasteiger partial charge in [0.15, 0.2) is 0 Å². The second kappa shape index (κ2) is 8.42. The Labute approximate surface area is 186 Å². The molecule has 1 heteroatoms. The van der Waals surface area contributed by atoms with Crippen LogP contribution in [0.15, 0.2) is 23.3 Å². The average molecular weight is 413 g/mol. The fourth-order valence-electron chi connectivity index (χ4n) is 8.61. The molecule has 1 N–H and O–H groups in total. The van der Waals surface area contributed by atoms with E-state index >= 15 is 0 Å². The molecular formula is C29H48O. The van der Waals surface area contributed by atoms with Gasteiger partial charge in [0.2, 0.25) is 0 Å². The van der Waals surface area contributed by atoms with E-state index in [1.807, 2.05) is 0 Å². The highest BCUT2D eigenvalue weighted by atomic mass is 16.3. The van der Waals surface area contributed by atoms with Gasteiger partial charge < -0.3 is 5.11 Å². The molecule has 0 amide bonds. The average Bonchev–Trinajstić information content (AvgIpc) is 3.06. The van der Waals surface area contributed by atoms with Gasteiger partial charge >= 0.3 is 0 Å². The number of hydrogen-bond acceptors (Lipinski definition) is 1. The van der Waals surface area contributed by atoms with Crippen LogP contribution in [0.1, 0.15) is 106 Å². The molecule has 170 valence electrons. The molecule has 0 radical (unpaired) electrons. The van der Waals surface area contributed by atoms with E-state index in [9.17, 15) is 5.11 Å². The highest BCUT2D eigenvalue weighted by molar-refractivity contribution is 5.39. The Morgan fingerprint density at radius 1 is 1.07 bits per heavy atom. The summed E-state index contributed by atoms with van der Waals surface area (Å²) in [7, 11) is 0. The summed E-state index contributed by atoms with van der Waals surface area (Å²) in [6, 6.07) is 0. The Bertz CT molecular complexity index is 686. The van der Waals surface area contributed by atoms with Crippen LogP contribution in [0.5, 0.6) is 0 Å². The molecule has 8 atom stereocenters. The van der Waals surface area contributed by atoms with E-state index in [0.29, 0.717) is 5.41 Å². The molecule has 4 aliphatic rings. The Morgan fingerprint density at radius 3 is 2.53 bits per heavy atom. The third-order valence-corrected chi connectivity index (χ3v) is 10.7. The van der Waals surface area contributed by atoms with Gasteiger partial charge in [-0.3, -0.25) is 0 Å². The third-order valence-electron chi connectivity index (χ3n) is 10.7. The van der Waals surface area contributed by atoms with Gasteiger partial charge in [0.1, 0.15) is 0 Å². The topological polar surface area (TPSA) is 20.2 Å². The molecule has 0 spiro atoms. The van der Waals surface area contributed by atoms with Crippen LogP contribution in [0.2, 0.25) is 0 Å². The van der Waals surface area contributed by atoms with Gasteiger partial charge in [-0.1, -0.05) is 77.7 Å². The van der Waals surface area contributed by atoms with Crippen LogP contribution < -0.4 is 0 Å². The first-order valence-corrected chi connectivity index (χ1v) is 13.3. The highest BCUT2D eigenvalue weighted by Gasteiger charge is 2.56. The van der Waals surface area contributed by atoms with E-state index in [1.54, 1.807) is 11.1 Å². The molecule has 1 nitrogen and oxygen atoms in total. The van der Waals surface area contributed by atoms with E-state index in [0.717, 1.165) is 54.8 Å². The van der Waals surface area contributed by atoms with Gasteiger partial charge in [-0.05, 0) is 92.3 Å². The standard InChI is InChI=1S/C29H48O/c1-7-21(19(2)3)9-8-20(4)25-12-13-26-24-11-10-22-18-23(30)14-16-28(22,5)27(24)15-17-29(25,26)6/h10,15,19-21,23-26,30H,7-9,11-14,16-18H2,1-6H3/t20-,21-,23+,24+,25+,26-,28+,29+/m1/s1. The fourth-order valence-corrected chi connectivity index (χ4v) is 8.61. The molecular weight excluding hydrogens is 364 g/mol. The van der Waals surface area contributed by atoms with Crippen molar-refractivity contribution in [1.82, 2.24) is 0 Å². The summed E-state index contributed by atoms with van der Waals surface area (Å²) in [5.74, 6) is 5.13. The second-order valence-corrected chi connectivity index (χ2v) is 12.4. The van der Waals surface area contributed by atoms with Crippen molar-refractivity contribution in [2.75, 3.05) is 0 Å². The molecule has 2 saturated carbocycles. The molecule has 0 aliphatic heterocycles. The van der Waals surface area contributed by atoms with Crippen molar-refractivity contribution in [3.8, 4) is 0 Å². The molecule has 0 unspecified atom stereocenters. The molecule has 4 aliphatic carbocycles. The minimum absolute atomic E-state index is 0.107. The Kier molecular flexibility index (Phi) is 6.35. The highest BCUT2D eigenvalue weighted by Crippen LogP contribution is 2.65. The summed E-state index contributed by atoms with van der Waals surface area (Å²) >= 11 is 0. The number of aliphatic hydroxyl groups excluding tert-OH is 1. The van der Waals surface area contributed by atoms with Crippen molar-refractivity contribution >= 4 is 0 Å². The van der Waals surface area contributed by atoms with Crippen LogP contribution in [-0.4, -0.2) is 11.2 Å². The summed E-state index contributed by atoms with van der Waals surface area (Å²) < 4.78 is 0. The van der Waals surface area contributed by atoms with Gasteiger partial charge in [0, 0.05) is 5.41 Å². The minimum atomic E-state index is -0.107. The molecule has 0 aromatic rings. The van der Waals surface area contributed by atoms with Crippen molar-refractivity contribution in [3.63, 3.8) is 0 Å². The lowest BCUT2D eigenvalue weighted by atomic mass is 9.51. The molecule has 2 fully saturated rings. The normalized spacial score (nSPS) is 42.7. The van der Waals surface area contributed by atoms with Crippen molar-refractivity contribution in [2.24, 2.45) is 46.3 Å². The van der Waals surface area contributed by atoms with E-state index < -0.39 is 0 Å². The number of rotatable bonds is 6. The first kappa shape index (κ1) is 22.6. The first-order chi connectivity index (χ1) is 14.2. The molecule has 0 aromatic carbocycles. The lowest BCUT2D eigenvalue weighted by molar-refractivity contribution is 0.0559. The van der Waals surface area contributed by atoms with Crippen molar-refractivity contribution in [1.29, 1.82) is 0 Å².